The van der Waals surface area contributed by atoms with Gasteiger partial charge >= 0.3 is 0 Å². The van der Waals surface area contributed by atoms with Crippen LogP contribution in [0.15, 0.2) is 12.7 Å². The van der Waals surface area contributed by atoms with Gasteiger partial charge in [0.15, 0.2) is 0 Å². The maximum absolute atomic E-state index is 11.8. The van der Waals surface area contributed by atoms with Crippen molar-refractivity contribution in [3.05, 3.63) is 12.7 Å². The van der Waals surface area contributed by atoms with Crippen LogP contribution in [0.3, 0.4) is 0 Å². The molecule has 16 heavy (non-hydrogen) atoms. The van der Waals surface area contributed by atoms with Crippen LogP contribution >= 0.6 is 0 Å². The van der Waals surface area contributed by atoms with Crippen LogP contribution in [0.2, 0.25) is 0 Å². The van der Waals surface area contributed by atoms with Crippen molar-refractivity contribution >= 4 is 5.91 Å². The molecule has 3 fully saturated rings. The average molecular weight is 223 g/mol. The number of nitrogens with one attached hydrogen (secondary N) is 1. The van der Waals surface area contributed by atoms with Crippen LogP contribution in [0.1, 0.15) is 19.3 Å². The molecule has 0 saturated carbocycles. The van der Waals surface area contributed by atoms with E-state index in [-0.39, 0.29) is 5.91 Å². The third-order valence-electron chi connectivity index (χ3n) is 3.74. The lowest BCUT2D eigenvalue weighted by atomic mass is 9.84. The standard InChI is InChI=1S/C12H21N3O/c1-2-3-10(13)12(16)14-11-8-15-6-4-9(11)5-7-15/h2,9-11H,1,3-8,13H2,(H,14,16). The van der Waals surface area contributed by atoms with E-state index in [9.17, 15) is 4.79 Å². The van der Waals surface area contributed by atoms with E-state index in [0.29, 0.717) is 18.4 Å². The molecule has 2 atom stereocenters. The Bertz CT molecular complexity index is 271. The minimum absolute atomic E-state index is 0.0290. The molecule has 1 amide bonds. The Labute approximate surface area is 96.9 Å². The van der Waals surface area contributed by atoms with Crippen LogP contribution in [0, 0.1) is 5.92 Å². The summed E-state index contributed by atoms with van der Waals surface area (Å²) in [6.45, 7) is 6.98. The lowest BCUT2D eigenvalue weighted by Gasteiger charge is -2.45. The predicted molar refractivity (Wildman–Crippen MR) is 63.9 cm³/mol. The molecule has 3 heterocycles. The normalized spacial score (nSPS) is 34.4. The fraction of sp³-hybridized carbons (Fsp3) is 0.750. The largest absolute Gasteiger partial charge is 0.350 e. The van der Waals surface area contributed by atoms with Gasteiger partial charge in [0.2, 0.25) is 5.91 Å². The van der Waals surface area contributed by atoms with Crippen molar-refractivity contribution in [3.8, 4) is 0 Å². The Morgan fingerprint density at radius 2 is 2.25 bits per heavy atom. The summed E-state index contributed by atoms with van der Waals surface area (Å²) in [6.07, 6.45) is 4.66. The van der Waals surface area contributed by atoms with Gasteiger partial charge in [-0.3, -0.25) is 4.79 Å². The van der Waals surface area contributed by atoms with E-state index in [2.05, 4.69) is 16.8 Å². The third kappa shape index (κ3) is 2.44. The molecule has 3 N–H and O–H groups in total. The van der Waals surface area contributed by atoms with E-state index in [1.54, 1.807) is 6.08 Å². The quantitative estimate of drug-likeness (QED) is 0.665. The maximum Gasteiger partial charge on any atom is 0.237 e. The Balaban J connectivity index is 1.85. The zero-order valence-electron chi connectivity index (χ0n) is 9.69. The van der Waals surface area contributed by atoms with E-state index in [1.165, 1.54) is 25.9 Å². The molecule has 2 bridgehead atoms. The second-order valence-corrected chi connectivity index (χ2v) is 4.88. The number of hydrogen-bond acceptors (Lipinski definition) is 3. The van der Waals surface area contributed by atoms with Crippen molar-refractivity contribution in [2.24, 2.45) is 11.7 Å². The first-order valence-corrected chi connectivity index (χ1v) is 6.10. The van der Waals surface area contributed by atoms with Gasteiger partial charge in [0.05, 0.1) is 6.04 Å². The van der Waals surface area contributed by atoms with Crippen molar-refractivity contribution in [2.45, 2.75) is 31.3 Å². The third-order valence-corrected chi connectivity index (χ3v) is 3.74. The molecule has 90 valence electrons. The molecule has 3 aliphatic heterocycles. The van der Waals surface area contributed by atoms with Crippen LogP contribution in [0.5, 0.6) is 0 Å². The monoisotopic (exact) mass is 223 g/mol. The number of fused-ring (bicyclic) bond motifs is 3. The molecule has 3 aliphatic rings. The SMILES string of the molecule is C=CCC(N)C(=O)NC1CN2CCC1CC2. The van der Waals surface area contributed by atoms with Gasteiger partial charge in [-0.15, -0.1) is 6.58 Å². The van der Waals surface area contributed by atoms with Crippen LogP contribution in [-0.2, 0) is 4.79 Å². The van der Waals surface area contributed by atoms with Crippen molar-refractivity contribution in [2.75, 3.05) is 19.6 Å². The molecule has 0 aromatic rings. The van der Waals surface area contributed by atoms with Crippen molar-refractivity contribution in [1.82, 2.24) is 10.2 Å². The summed E-state index contributed by atoms with van der Waals surface area (Å²) >= 11 is 0. The number of carbonyl (C=O) groups excluding carboxylic acids is 1. The lowest BCUT2D eigenvalue weighted by molar-refractivity contribution is -0.124. The van der Waals surface area contributed by atoms with Crippen molar-refractivity contribution in [3.63, 3.8) is 0 Å². The number of carbonyl (C=O) groups is 1. The number of amides is 1. The Morgan fingerprint density at radius 1 is 1.56 bits per heavy atom. The maximum atomic E-state index is 11.8. The molecule has 0 aliphatic carbocycles. The smallest absolute Gasteiger partial charge is 0.237 e. The van der Waals surface area contributed by atoms with Gasteiger partial charge < -0.3 is 16.0 Å². The second kappa shape index (κ2) is 4.97. The highest BCUT2D eigenvalue weighted by Gasteiger charge is 2.35. The first-order chi connectivity index (χ1) is 7.70. The van der Waals surface area contributed by atoms with E-state index >= 15 is 0 Å². The summed E-state index contributed by atoms with van der Waals surface area (Å²) < 4.78 is 0. The average Bonchev–Trinajstić information content (AvgIpc) is 2.31. The molecule has 0 aromatic carbocycles. The summed E-state index contributed by atoms with van der Waals surface area (Å²) in [6, 6.07) is -0.126. The minimum Gasteiger partial charge on any atom is -0.350 e. The van der Waals surface area contributed by atoms with Crippen molar-refractivity contribution < 1.29 is 4.79 Å². The first-order valence-electron chi connectivity index (χ1n) is 6.10. The number of nitrogens with zero attached hydrogens (tertiary/aromatic N) is 1. The first kappa shape index (κ1) is 11.6. The summed E-state index contributed by atoms with van der Waals surface area (Å²) in [5, 5.41) is 3.08. The topological polar surface area (TPSA) is 58.4 Å². The van der Waals surface area contributed by atoms with E-state index in [1.807, 2.05) is 0 Å². The summed E-state index contributed by atoms with van der Waals surface area (Å²) in [7, 11) is 0. The highest BCUT2D eigenvalue weighted by atomic mass is 16.2. The predicted octanol–water partition coefficient (Wildman–Crippen LogP) is 0.100. The van der Waals surface area contributed by atoms with Crippen LogP contribution < -0.4 is 11.1 Å². The number of nitrogens with two attached hydrogens (primary N) is 1. The van der Waals surface area contributed by atoms with Gasteiger partial charge in [0.25, 0.3) is 0 Å². The summed E-state index contributed by atoms with van der Waals surface area (Å²) in [4.78, 5) is 14.2. The van der Waals surface area contributed by atoms with Crippen LogP contribution in [0.25, 0.3) is 0 Å². The second-order valence-electron chi connectivity index (χ2n) is 4.88. The van der Waals surface area contributed by atoms with Crippen LogP contribution in [0.4, 0.5) is 0 Å². The Hall–Kier alpha value is -0.870. The highest BCUT2D eigenvalue weighted by Crippen LogP contribution is 2.27. The summed E-state index contributed by atoms with van der Waals surface area (Å²) in [5.41, 5.74) is 5.75. The number of rotatable bonds is 4. The number of hydrogen-bond donors (Lipinski definition) is 2. The number of piperidine rings is 3. The molecular weight excluding hydrogens is 202 g/mol. The molecule has 3 saturated heterocycles. The molecule has 4 nitrogen and oxygen atoms in total. The lowest BCUT2D eigenvalue weighted by Crippen LogP contribution is -2.59. The fourth-order valence-corrected chi connectivity index (χ4v) is 2.70. The molecule has 3 rings (SSSR count). The van der Waals surface area contributed by atoms with Gasteiger partial charge in [0.1, 0.15) is 0 Å². The van der Waals surface area contributed by atoms with E-state index in [0.717, 1.165) is 6.54 Å². The summed E-state index contributed by atoms with van der Waals surface area (Å²) in [5.74, 6) is 0.628. The molecule has 4 heteroatoms. The van der Waals surface area contributed by atoms with Crippen molar-refractivity contribution in [1.29, 1.82) is 0 Å². The molecular formula is C12H21N3O. The molecule has 2 unspecified atom stereocenters. The van der Waals surface area contributed by atoms with Crippen LogP contribution in [-0.4, -0.2) is 42.5 Å². The zero-order valence-corrected chi connectivity index (χ0v) is 9.69. The van der Waals surface area contributed by atoms with E-state index < -0.39 is 6.04 Å². The van der Waals surface area contributed by atoms with Gasteiger partial charge in [-0.2, -0.15) is 0 Å². The van der Waals surface area contributed by atoms with Gasteiger partial charge in [-0.1, -0.05) is 6.08 Å². The fourth-order valence-electron chi connectivity index (χ4n) is 2.70. The molecule has 0 radical (unpaired) electrons. The highest BCUT2D eigenvalue weighted by molar-refractivity contribution is 5.82. The molecule has 0 aromatic heterocycles. The Kier molecular flexibility index (Phi) is 3.61. The zero-order chi connectivity index (χ0) is 11.5. The van der Waals surface area contributed by atoms with Gasteiger partial charge in [-0.05, 0) is 38.3 Å². The van der Waals surface area contributed by atoms with Gasteiger partial charge in [0, 0.05) is 12.6 Å². The Morgan fingerprint density at radius 3 is 2.75 bits per heavy atom. The van der Waals surface area contributed by atoms with Gasteiger partial charge in [-0.25, -0.2) is 0 Å². The van der Waals surface area contributed by atoms with E-state index in [4.69, 9.17) is 5.73 Å². The minimum atomic E-state index is -0.437. The molecule has 0 spiro atoms.